The number of aromatic nitrogens is 1. The Morgan fingerprint density at radius 1 is 1.22 bits per heavy atom. The molecule has 1 aromatic heterocycles. The molecule has 1 aliphatic heterocycles. The number of hydrogen-bond acceptors (Lipinski definition) is 3. The molecule has 0 unspecified atom stereocenters. The summed E-state index contributed by atoms with van der Waals surface area (Å²) in [5.74, 6) is 0.875. The second kappa shape index (κ2) is 7.28. The maximum atomic E-state index is 12.4. The van der Waals surface area contributed by atoms with Gasteiger partial charge in [0, 0.05) is 32.2 Å². The van der Waals surface area contributed by atoms with Crippen molar-refractivity contribution in [1.29, 1.82) is 0 Å². The van der Waals surface area contributed by atoms with Crippen molar-refractivity contribution in [2.75, 3.05) is 26.2 Å². The van der Waals surface area contributed by atoms with E-state index < -0.39 is 0 Å². The lowest BCUT2D eigenvalue weighted by Crippen LogP contribution is -2.38. The molecule has 1 fully saturated rings. The minimum Gasteiger partial charge on any atom is -0.311 e. The first-order valence-corrected chi connectivity index (χ1v) is 8.66. The van der Waals surface area contributed by atoms with Crippen molar-refractivity contribution in [3.05, 3.63) is 46.2 Å². The Kier molecular flexibility index (Phi) is 5.13. The predicted molar refractivity (Wildman–Crippen MR) is 95.7 cm³/mol. The van der Waals surface area contributed by atoms with Gasteiger partial charge in [-0.15, -0.1) is 0 Å². The first-order valence-electron chi connectivity index (χ1n) is 8.66. The number of likely N-dealkylation sites (tertiary alicyclic amines) is 1. The molecule has 0 atom stereocenters. The van der Waals surface area contributed by atoms with E-state index in [0.717, 1.165) is 35.5 Å². The highest BCUT2D eigenvalue weighted by Gasteiger charge is 2.14. The molecule has 4 heteroatoms. The van der Waals surface area contributed by atoms with Crippen molar-refractivity contribution in [2.24, 2.45) is 13.0 Å². The topological polar surface area (TPSA) is 37.3 Å². The standard InChI is InChI=1S/C19H27N3O/c1-15-7-10-22(11-8-15)12-9-20-14-17-13-16-5-3-4-6-18(16)21(2)19(17)23/h3-6,13,15,20H,7-12,14H2,1-2H3. The van der Waals surface area contributed by atoms with Crippen molar-refractivity contribution in [3.8, 4) is 0 Å². The molecule has 2 heterocycles. The van der Waals surface area contributed by atoms with Gasteiger partial charge in [0.15, 0.2) is 0 Å². The fourth-order valence-corrected chi connectivity index (χ4v) is 3.36. The zero-order chi connectivity index (χ0) is 16.2. The number of fused-ring (bicyclic) bond motifs is 1. The third-order valence-electron chi connectivity index (χ3n) is 5.00. The minimum atomic E-state index is 0.1000. The molecule has 0 spiro atoms. The number of para-hydroxylation sites is 1. The smallest absolute Gasteiger partial charge is 0.255 e. The fourth-order valence-electron chi connectivity index (χ4n) is 3.36. The summed E-state index contributed by atoms with van der Waals surface area (Å²) in [7, 11) is 1.85. The second-order valence-corrected chi connectivity index (χ2v) is 6.79. The lowest BCUT2D eigenvalue weighted by Gasteiger charge is -2.30. The molecule has 0 amide bonds. The highest BCUT2D eigenvalue weighted by molar-refractivity contribution is 5.79. The van der Waals surface area contributed by atoms with Gasteiger partial charge in [-0.1, -0.05) is 25.1 Å². The second-order valence-electron chi connectivity index (χ2n) is 6.79. The van der Waals surface area contributed by atoms with Gasteiger partial charge in [-0.25, -0.2) is 0 Å². The SMILES string of the molecule is CC1CCN(CCNCc2cc3ccccc3n(C)c2=O)CC1. The van der Waals surface area contributed by atoms with Crippen LogP contribution in [0.15, 0.2) is 35.1 Å². The average molecular weight is 313 g/mol. The molecule has 0 bridgehead atoms. The molecule has 3 rings (SSSR count). The fraction of sp³-hybridized carbons (Fsp3) is 0.526. The summed E-state index contributed by atoms with van der Waals surface area (Å²) in [6.45, 7) is 7.40. The Bertz CT molecular complexity index is 714. The molecule has 1 aromatic carbocycles. The number of pyridine rings is 1. The lowest BCUT2D eigenvalue weighted by atomic mass is 9.99. The summed E-state index contributed by atoms with van der Waals surface area (Å²) in [5, 5.41) is 4.56. The van der Waals surface area contributed by atoms with Crippen LogP contribution >= 0.6 is 0 Å². The van der Waals surface area contributed by atoms with Crippen LogP contribution in [-0.4, -0.2) is 35.6 Å². The largest absolute Gasteiger partial charge is 0.311 e. The van der Waals surface area contributed by atoms with Crippen molar-refractivity contribution in [2.45, 2.75) is 26.3 Å². The molecule has 124 valence electrons. The molecule has 2 aromatic rings. The molecule has 1 aliphatic rings. The third kappa shape index (κ3) is 3.82. The van der Waals surface area contributed by atoms with E-state index in [1.54, 1.807) is 4.57 Å². The molecule has 4 nitrogen and oxygen atoms in total. The van der Waals surface area contributed by atoms with Gasteiger partial charge < -0.3 is 14.8 Å². The number of nitrogens with one attached hydrogen (secondary N) is 1. The van der Waals surface area contributed by atoms with E-state index in [2.05, 4.69) is 23.2 Å². The van der Waals surface area contributed by atoms with E-state index >= 15 is 0 Å². The van der Waals surface area contributed by atoms with Crippen LogP contribution in [0.5, 0.6) is 0 Å². The van der Waals surface area contributed by atoms with Gasteiger partial charge in [-0.05, 0) is 49.4 Å². The number of hydrogen-bond donors (Lipinski definition) is 1. The molecule has 0 aliphatic carbocycles. The average Bonchev–Trinajstić information content (AvgIpc) is 2.57. The maximum absolute atomic E-state index is 12.4. The molecular weight excluding hydrogens is 286 g/mol. The Morgan fingerprint density at radius 2 is 1.96 bits per heavy atom. The van der Waals surface area contributed by atoms with Crippen LogP contribution in [0.1, 0.15) is 25.3 Å². The monoisotopic (exact) mass is 313 g/mol. The van der Waals surface area contributed by atoms with E-state index in [9.17, 15) is 4.79 Å². The summed E-state index contributed by atoms with van der Waals surface area (Å²) in [6, 6.07) is 10.1. The first kappa shape index (κ1) is 16.2. The Balaban J connectivity index is 1.57. The maximum Gasteiger partial charge on any atom is 0.255 e. The molecule has 0 radical (unpaired) electrons. The highest BCUT2D eigenvalue weighted by Crippen LogP contribution is 2.15. The van der Waals surface area contributed by atoms with E-state index in [4.69, 9.17) is 0 Å². The summed E-state index contributed by atoms with van der Waals surface area (Å²) in [5.41, 5.74) is 1.94. The van der Waals surface area contributed by atoms with Gasteiger partial charge in [0.05, 0.1) is 5.52 Å². The number of rotatable bonds is 5. The zero-order valence-electron chi connectivity index (χ0n) is 14.2. The minimum absolute atomic E-state index is 0.1000. The van der Waals surface area contributed by atoms with Crippen LogP contribution in [-0.2, 0) is 13.6 Å². The van der Waals surface area contributed by atoms with Gasteiger partial charge in [0.1, 0.15) is 0 Å². The molecule has 1 N–H and O–H groups in total. The van der Waals surface area contributed by atoms with E-state index in [-0.39, 0.29) is 5.56 Å². The molecule has 1 saturated heterocycles. The highest BCUT2D eigenvalue weighted by atomic mass is 16.1. The van der Waals surface area contributed by atoms with E-state index in [1.807, 2.05) is 31.3 Å². The van der Waals surface area contributed by atoms with Crippen LogP contribution in [0, 0.1) is 5.92 Å². The van der Waals surface area contributed by atoms with Crippen molar-refractivity contribution in [3.63, 3.8) is 0 Å². The normalized spacial score (nSPS) is 17.0. The van der Waals surface area contributed by atoms with Gasteiger partial charge in [0.25, 0.3) is 5.56 Å². The zero-order valence-corrected chi connectivity index (χ0v) is 14.2. The van der Waals surface area contributed by atoms with Crippen molar-refractivity contribution in [1.82, 2.24) is 14.8 Å². The molecule has 23 heavy (non-hydrogen) atoms. The Hall–Kier alpha value is -1.65. The third-order valence-corrected chi connectivity index (χ3v) is 5.00. The van der Waals surface area contributed by atoms with Crippen molar-refractivity contribution < 1.29 is 0 Å². The molecule has 0 saturated carbocycles. The van der Waals surface area contributed by atoms with Crippen molar-refractivity contribution >= 4 is 10.9 Å². The summed E-state index contributed by atoms with van der Waals surface area (Å²) in [6.07, 6.45) is 2.62. The van der Waals surface area contributed by atoms with Crippen LogP contribution in [0.25, 0.3) is 10.9 Å². The Morgan fingerprint density at radius 3 is 2.74 bits per heavy atom. The summed E-state index contributed by atoms with van der Waals surface area (Å²) < 4.78 is 1.75. The van der Waals surface area contributed by atoms with Crippen LogP contribution in [0.3, 0.4) is 0 Å². The number of aryl methyl sites for hydroxylation is 1. The molecular formula is C19H27N3O. The summed E-state index contributed by atoms with van der Waals surface area (Å²) >= 11 is 0. The van der Waals surface area contributed by atoms with Crippen LogP contribution in [0.4, 0.5) is 0 Å². The Labute approximate surface area is 138 Å². The van der Waals surface area contributed by atoms with Gasteiger partial charge in [-0.3, -0.25) is 4.79 Å². The quantitative estimate of drug-likeness (QED) is 0.861. The van der Waals surface area contributed by atoms with Crippen LogP contribution < -0.4 is 10.9 Å². The predicted octanol–water partition coefficient (Wildman–Crippen LogP) is 2.36. The van der Waals surface area contributed by atoms with Gasteiger partial charge in [0.2, 0.25) is 0 Å². The number of piperidine rings is 1. The van der Waals surface area contributed by atoms with E-state index in [1.165, 1.54) is 25.9 Å². The number of nitrogens with zero attached hydrogens (tertiary/aromatic N) is 2. The van der Waals surface area contributed by atoms with Crippen LogP contribution in [0.2, 0.25) is 0 Å². The van der Waals surface area contributed by atoms with E-state index in [0.29, 0.717) is 6.54 Å². The lowest BCUT2D eigenvalue weighted by molar-refractivity contribution is 0.193. The number of benzene rings is 1. The van der Waals surface area contributed by atoms with Gasteiger partial charge >= 0.3 is 0 Å². The summed E-state index contributed by atoms with van der Waals surface area (Å²) in [4.78, 5) is 14.9. The first-order chi connectivity index (χ1) is 11.1. The van der Waals surface area contributed by atoms with Gasteiger partial charge in [-0.2, -0.15) is 0 Å².